The zero-order chi connectivity index (χ0) is 74.6. The zero-order valence-corrected chi connectivity index (χ0v) is 71.7. The maximum absolute atomic E-state index is 6.15. The summed E-state index contributed by atoms with van der Waals surface area (Å²) in [4.78, 5) is 24.1. The summed E-state index contributed by atoms with van der Waals surface area (Å²) in [7, 11) is 6.67. The molecule has 0 fully saturated rings. The van der Waals surface area contributed by atoms with Gasteiger partial charge in [0.25, 0.3) is 0 Å². The highest BCUT2D eigenvalue weighted by molar-refractivity contribution is 7.28. The third-order valence-electron chi connectivity index (χ3n) is 16.6. The molecule has 9 rings (SSSR count). The average molecular weight is 1610 g/mol. The van der Waals surface area contributed by atoms with Gasteiger partial charge in [0, 0.05) is 119 Å². The Morgan fingerprint density at radius 2 is 0.467 bits per heavy atom. The van der Waals surface area contributed by atoms with E-state index < -0.39 is 0 Å². The molecule has 0 amide bonds. The lowest BCUT2D eigenvalue weighted by atomic mass is 10.1. The van der Waals surface area contributed by atoms with Gasteiger partial charge in [-0.2, -0.15) is 0 Å². The molecule has 0 spiro atoms. The van der Waals surface area contributed by atoms with Crippen molar-refractivity contribution in [1.29, 1.82) is 0 Å². The van der Waals surface area contributed by atoms with E-state index >= 15 is 0 Å². The molecule has 105 heavy (non-hydrogen) atoms. The summed E-state index contributed by atoms with van der Waals surface area (Å²) in [6.07, 6.45) is 13.2. The van der Waals surface area contributed by atoms with Gasteiger partial charge in [-0.05, 0) is 151 Å². The molecule has 0 bridgehead atoms. The Labute approximate surface area is 663 Å². The van der Waals surface area contributed by atoms with E-state index in [9.17, 15) is 0 Å². The van der Waals surface area contributed by atoms with Gasteiger partial charge in [0.1, 0.15) is 0 Å². The standard InChI is InChI=1S/C30H44O8S3.C26H36O6S3.C26H36S3/c1-23-5-7-27(39-23)29-25(21-37-19-17-35-15-13-33-11-9-31-3)26(30(41-29)28-8-6-24(2)40-28)22-38-20-18-36-16-14-34-12-10-32-4;1-19-5-7-23(33-19)25-21(17-31-15-13-29-11-9-27-3)22(18-32-16-14-30-12-10-28-4)26(35-25)24-8-6-20(2)34-24;1-5-7-9-11-13-21-17-19(3)27-25(21)23-15-16-24(29-23)26-22(18-20(4)28-26)14-12-10-8-6-2/h5-8H,9-22H2,1-4H3;5-8H,9-18H2,1-4H3;15-18H,5-14H2,1-4H3. The Kier molecular flexibility index (Phi) is 44.7. The highest BCUT2D eigenvalue weighted by Crippen LogP contribution is 2.49. The normalized spacial score (nSPS) is 11.5. The molecule has 0 aliphatic rings. The molecule has 14 nitrogen and oxygen atoms in total. The smallest absolute Gasteiger partial charge is 0.0736 e. The fourth-order valence-corrected chi connectivity index (χ4v) is 21.3. The van der Waals surface area contributed by atoms with Crippen LogP contribution in [0.25, 0.3) is 58.5 Å². The molecule has 0 N–H and O–H groups in total. The van der Waals surface area contributed by atoms with Gasteiger partial charge in [-0.15, -0.1) is 102 Å². The Morgan fingerprint density at radius 1 is 0.229 bits per heavy atom. The predicted octanol–water partition coefficient (Wildman–Crippen LogP) is 22.5. The summed E-state index contributed by atoms with van der Waals surface area (Å²) < 4.78 is 77.9. The summed E-state index contributed by atoms with van der Waals surface area (Å²) in [6, 6.07) is 27.1. The minimum atomic E-state index is 0.495. The van der Waals surface area contributed by atoms with Gasteiger partial charge in [-0.1, -0.05) is 52.4 Å². The van der Waals surface area contributed by atoms with Crippen LogP contribution in [0.4, 0.5) is 0 Å². The van der Waals surface area contributed by atoms with E-state index in [-0.39, 0.29) is 0 Å². The Morgan fingerprint density at radius 3 is 0.705 bits per heavy atom. The third-order valence-corrected chi connectivity index (χ3v) is 27.5. The van der Waals surface area contributed by atoms with Gasteiger partial charge in [-0.25, -0.2) is 0 Å². The third kappa shape index (κ3) is 31.8. The summed E-state index contributed by atoms with van der Waals surface area (Å²) >= 11 is 16.9. The number of aryl methyl sites for hydroxylation is 8. The molecule has 582 valence electrons. The van der Waals surface area contributed by atoms with Crippen LogP contribution in [0.1, 0.15) is 128 Å². The first-order chi connectivity index (χ1) is 51.4. The van der Waals surface area contributed by atoms with Crippen LogP contribution in [-0.2, 0) is 106 Å². The topological polar surface area (TPSA) is 129 Å². The number of ether oxygens (including phenoxy) is 14. The summed E-state index contributed by atoms with van der Waals surface area (Å²) in [5, 5.41) is 0. The van der Waals surface area contributed by atoms with Crippen molar-refractivity contribution >= 4 is 102 Å². The zero-order valence-electron chi connectivity index (χ0n) is 64.4. The highest BCUT2D eigenvalue weighted by atomic mass is 32.1. The van der Waals surface area contributed by atoms with E-state index in [2.05, 4.69) is 128 Å². The molecule has 0 aliphatic carbocycles. The number of rotatable bonds is 54. The molecule has 0 unspecified atom stereocenters. The van der Waals surface area contributed by atoms with Crippen molar-refractivity contribution in [3.8, 4) is 58.5 Å². The molecule has 9 aromatic rings. The van der Waals surface area contributed by atoms with E-state index in [0.29, 0.717) is 159 Å². The van der Waals surface area contributed by atoms with Crippen molar-refractivity contribution in [2.45, 2.75) is 146 Å². The van der Waals surface area contributed by atoms with Gasteiger partial charge in [0.2, 0.25) is 0 Å². The molecule has 9 heterocycles. The van der Waals surface area contributed by atoms with E-state index in [0.717, 1.165) is 0 Å². The molecule has 0 radical (unpaired) electrons. The maximum atomic E-state index is 6.15. The van der Waals surface area contributed by atoms with E-state index in [1.54, 1.807) is 39.6 Å². The van der Waals surface area contributed by atoms with Gasteiger partial charge in [-0.3, -0.25) is 0 Å². The average Bonchev–Trinajstić information content (AvgIpc) is 1.63. The van der Waals surface area contributed by atoms with Crippen molar-refractivity contribution in [3.05, 3.63) is 135 Å². The first kappa shape index (κ1) is 88.9. The lowest BCUT2D eigenvalue weighted by Gasteiger charge is -2.11. The van der Waals surface area contributed by atoms with Crippen LogP contribution < -0.4 is 0 Å². The second kappa shape index (κ2) is 52.8. The lowest BCUT2D eigenvalue weighted by molar-refractivity contribution is -0.00149. The molecule has 0 atom stereocenters. The van der Waals surface area contributed by atoms with Gasteiger partial charge < -0.3 is 66.3 Å². The fraction of sp³-hybridized carbons (Fsp3) is 0.561. The van der Waals surface area contributed by atoms with Crippen LogP contribution in [0, 0.1) is 41.5 Å². The van der Waals surface area contributed by atoms with Gasteiger partial charge >= 0.3 is 0 Å². The van der Waals surface area contributed by atoms with Crippen molar-refractivity contribution in [3.63, 3.8) is 0 Å². The first-order valence-electron chi connectivity index (χ1n) is 37.0. The Balaban J connectivity index is 0.000000223. The Hall–Kier alpha value is -3.26. The second-order valence-corrected chi connectivity index (χ2v) is 35.9. The number of hydrogen-bond acceptors (Lipinski definition) is 23. The molecule has 0 aromatic carbocycles. The summed E-state index contributed by atoms with van der Waals surface area (Å²) in [5.41, 5.74) is 7.92. The van der Waals surface area contributed by atoms with Crippen LogP contribution in [0.5, 0.6) is 0 Å². The second-order valence-electron chi connectivity index (χ2n) is 25.1. The van der Waals surface area contributed by atoms with Gasteiger partial charge in [0.15, 0.2) is 0 Å². The fourth-order valence-electron chi connectivity index (χ4n) is 11.2. The van der Waals surface area contributed by atoms with Crippen molar-refractivity contribution in [1.82, 2.24) is 0 Å². The molecular weight excluding hydrogens is 1500 g/mol. The predicted molar refractivity (Wildman–Crippen MR) is 448 cm³/mol. The maximum Gasteiger partial charge on any atom is 0.0736 e. The molecule has 0 saturated carbocycles. The summed E-state index contributed by atoms with van der Waals surface area (Å²) in [6.45, 7) is 30.7. The SMILES string of the molecule is CCCCCCc1cc(C)sc1-c1ccc(-c2sc(C)cc2CCCCCC)s1.COCCOCCOCCOCc1c(-c2ccc(C)s2)sc(-c2ccc(C)s2)c1COCCOCCOCCOC.COCCOCCOCc1c(-c2ccc(C)s2)sc(-c2ccc(C)s2)c1COCCOCCOC. The molecule has 0 saturated heterocycles. The molecule has 23 heteroatoms. The van der Waals surface area contributed by atoms with Crippen molar-refractivity contribution in [2.24, 2.45) is 0 Å². The minimum Gasteiger partial charge on any atom is -0.382 e. The van der Waals surface area contributed by atoms with Crippen molar-refractivity contribution in [2.75, 3.05) is 161 Å². The number of methoxy groups -OCH3 is 4. The van der Waals surface area contributed by atoms with Crippen LogP contribution in [0.2, 0.25) is 0 Å². The van der Waals surface area contributed by atoms with Crippen LogP contribution in [0.15, 0.2) is 72.8 Å². The highest BCUT2D eigenvalue weighted by Gasteiger charge is 2.25. The first-order valence-corrected chi connectivity index (χ1v) is 44.3. The number of hydrogen-bond donors (Lipinski definition) is 0. The monoisotopic (exact) mass is 1610 g/mol. The van der Waals surface area contributed by atoms with E-state index in [1.165, 1.54) is 174 Å². The molecule has 0 aliphatic heterocycles. The van der Waals surface area contributed by atoms with E-state index in [4.69, 9.17) is 66.3 Å². The molecule has 9 aromatic heterocycles. The van der Waals surface area contributed by atoms with E-state index in [1.807, 2.05) is 102 Å². The van der Waals surface area contributed by atoms with Crippen LogP contribution in [-0.4, -0.2) is 161 Å². The number of unbranched alkanes of at least 4 members (excludes halogenated alkanes) is 6. The molecular formula is C82H116O14S9. The van der Waals surface area contributed by atoms with Crippen LogP contribution >= 0.6 is 102 Å². The largest absolute Gasteiger partial charge is 0.382 e. The van der Waals surface area contributed by atoms with Crippen LogP contribution in [0.3, 0.4) is 0 Å². The van der Waals surface area contributed by atoms with Gasteiger partial charge in [0.05, 0.1) is 178 Å². The Bertz CT molecular complexity index is 3500. The lowest BCUT2D eigenvalue weighted by Crippen LogP contribution is -2.12. The number of thiophene rings is 9. The minimum absolute atomic E-state index is 0.495. The van der Waals surface area contributed by atoms with Crippen molar-refractivity contribution < 1.29 is 66.3 Å². The summed E-state index contributed by atoms with van der Waals surface area (Å²) in [5.74, 6) is 0. The quantitative estimate of drug-likeness (QED) is 0.0335.